The highest BCUT2D eigenvalue weighted by Crippen LogP contribution is 2.20. The summed E-state index contributed by atoms with van der Waals surface area (Å²) in [5.41, 5.74) is 0. The Hall–Kier alpha value is -0.260. The first-order chi connectivity index (χ1) is 35.4. The second-order valence-corrected chi connectivity index (χ2v) is 24.4. The normalized spacial score (nSPS) is 11.7. The van der Waals surface area contributed by atoms with Crippen molar-refractivity contribution in [3.05, 3.63) is 12.7 Å². The van der Waals surface area contributed by atoms with Crippen molar-refractivity contribution in [3.8, 4) is 0 Å². The molecule has 0 spiro atoms. The third-order valence-corrected chi connectivity index (χ3v) is 17.0. The molecule has 0 bridgehead atoms. The highest BCUT2D eigenvalue weighted by Gasteiger charge is 2.01. The van der Waals surface area contributed by atoms with Gasteiger partial charge in [0.05, 0.1) is 0 Å². The standard InChI is InChI=1S/C71H142/c1-3-5-7-9-11-13-15-17-19-21-23-25-27-29-31-33-35-37-39-41-43-45-47-49-51-53-55-57-59-61-63-65-67-69-71-70-68-66-64-62-60-58-56-54-52-50-48-46-44-42-40-38-36-34-32-30-28-26-24-22-20-18-16-14-12-10-8-6-4-2/h3H,1,4-71H2,2H3. The molecule has 0 fully saturated rings. The molecule has 0 unspecified atom stereocenters. The van der Waals surface area contributed by atoms with E-state index in [-0.39, 0.29) is 0 Å². The highest BCUT2D eigenvalue weighted by atomic mass is 14.1. The molecule has 0 saturated heterocycles. The van der Waals surface area contributed by atoms with Gasteiger partial charge in [-0.2, -0.15) is 0 Å². The smallest absolute Gasteiger partial charge is 0.0353 e. The third-order valence-electron chi connectivity index (χ3n) is 17.0. The van der Waals surface area contributed by atoms with Crippen LogP contribution in [0.15, 0.2) is 12.7 Å². The van der Waals surface area contributed by atoms with Gasteiger partial charge in [-0.3, -0.25) is 0 Å². The maximum absolute atomic E-state index is 3.82. The Balaban J connectivity index is 3.07. The Morgan fingerprint density at radius 2 is 0.225 bits per heavy atom. The average molecular weight is 996 g/mol. The Morgan fingerprint density at radius 3 is 0.310 bits per heavy atom. The zero-order valence-corrected chi connectivity index (χ0v) is 50.4. The molecular weight excluding hydrogens is 853 g/mol. The van der Waals surface area contributed by atoms with Crippen molar-refractivity contribution in [2.45, 2.75) is 444 Å². The molecule has 0 aliphatic carbocycles. The van der Waals surface area contributed by atoms with E-state index in [0.717, 1.165) is 0 Å². The maximum Gasteiger partial charge on any atom is -0.0353 e. The van der Waals surface area contributed by atoms with Gasteiger partial charge in [-0.15, -0.1) is 6.58 Å². The summed E-state index contributed by atoms with van der Waals surface area (Å²) in [4.78, 5) is 0. The van der Waals surface area contributed by atoms with E-state index in [9.17, 15) is 0 Å². The fourth-order valence-corrected chi connectivity index (χ4v) is 11.9. The first kappa shape index (κ1) is 70.7. The van der Waals surface area contributed by atoms with Crippen LogP contribution in [0.2, 0.25) is 0 Å². The Bertz CT molecular complexity index is 871. The largest absolute Gasteiger partial charge is 0.103 e. The molecule has 426 valence electrons. The van der Waals surface area contributed by atoms with Gasteiger partial charge in [0.2, 0.25) is 0 Å². The van der Waals surface area contributed by atoms with Crippen molar-refractivity contribution >= 4 is 0 Å². The lowest BCUT2D eigenvalue weighted by molar-refractivity contribution is 0.506. The molecule has 0 atom stereocenters. The van der Waals surface area contributed by atoms with E-state index in [4.69, 9.17) is 0 Å². The first-order valence-electron chi connectivity index (χ1n) is 35.0. The summed E-state index contributed by atoms with van der Waals surface area (Å²) in [5, 5.41) is 0. The van der Waals surface area contributed by atoms with E-state index in [1.807, 2.05) is 0 Å². The minimum absolute atomic E-state index is 1.21. The predicted molar refractivity (Wildman–Crippen MR) is 330 cm³/mol. The minimum atomic E-state index is 1.21. The summed E-state index contributed by atoms with van der Waals surface area (Å²) in [6, 6.07) is 0. The summed E-state index contributed by atoms with van der Waals surface area (Å²) < 4.78 is 0. The molecule has 0 aliphatic rings. The summed E-state index contributed by atoms with van der Waals surface area (Å²) in [6.07, 6.45) is 103. The Morgan fingerprint density at radius 1 is 0.141 bits per heavy atom. The first-order valence-corrected chi connectivity index (χ1v) is 35.0. The summed E-state index contributed by atoms with van der Waals surface area (Å²) in [5.74, 6) is 0. The van der Waals surface area contributed by atoms with Gasteiger partial charge in [0, 0.05) is 0 Å². The summed E-state index contributed by atoms with van der Waals surface area (Å²) >= 11 is 0. The molecule has 0 heteroatoms. The number of allylic oxidation sites excluding steroid dienone is 1. The molecule has 0 aliphatic heterocycles. The topological polar surface area (TPSA) is 0 Å². The van der Waals surface area contributed by atoms with Gasteiger partial charge in [0.15, 0.2) is 0 Å². The zero-order chi connectivity index (χ0) is 50.8. The van der Waals surface area contributed by atoms with Gasteiger partial charge in [-0.25, -0.2) is 0 Å². The molecule has 0 heterocycles. The minimum Gasteiger partial charge on any atom is -0.103 e. The van der Waals surface area contributed by atoms with Gasteiger partial charge in [0.25, 0.3) is 0 Å². The molecule has 0 aromatic rings. The van der Waals surface area contributed by atoms with Crippen LogP contribution in [0.5, 0.6) is 0 Å². The van der Waals surface area contributed by atoms with Crippen molar-refractivity contribution in [3.63, 3.8) is 0 Å². The van der Waals surface area contributed by atoms with E-state index in [2.05, 4.69) is 19.6 Å². The van der Waals surface area contributed by atoms with Gasteiger partial charge >= 0.3 is 0 Å². The Labute approximate surface area is 454 Å². The van der Waals surface area contributed by atoms with Crippen molar-refractivity contribution in [2.24, 2.45) is 0 Å². The molecule has 0 amide bonds. The van der Waals surface area contributed by atoms with Crippen LogP contribution in [-0.4, -0.2) is 0 Å². The van der Waals surface area contributed by atoms with Gasteiger partial charge in [0.1, 0.15) is 0 Å². The van der Waals surface area contributed by atoms with Crippen LogP contribution < -0.4 is 0 Å². The van der Waals surface area contributed by atoms with Crippen molar-refractivity contribution in [1.29, 1.82) is 0 Å². The van der Waals surface area contributed by atoms with Crippen LogP contribution in [-0.2, 0) is 0 Å². The van der Waals surface area contributed by atoms with E-state index in [0.29, 0.717) is 0 Å². The number of rotatable bonds is 68. The van der Waals surface area contributed by atoms with Crippen LogP contribution in [0, 0.1) is 0 Å². The monoisotopic (exact) mass is 995 g/mol. The predicted octanol–water partition coefficient (Wildman–Crippen LogP) is 27.7. The van der Waals surface area contributed by atoms with Gasteiger partial charge < -0.3 is 0 Å². The average Bonchev–Trinajstić information content (AvgIpc) is 3.38. The van der Waals surface area contributed by atoms with E-state index in [1.54, 1.807) is 0 Å². The summed E-state index contributed by atoms with van der Waals surface area (Å²) in [6.45, 7) is 6.14. The number of unbranched alkanes of at least 4 members (excludes halogenated alkanes) is 67. The lowest BCUT2D eigenvalue weighted by Gasteiger charge is -2.05. The van der Waals surface area contributed by atoms with Gasteiger partial charge in [-0.1, -0.05) is 437 Å². The molecule has 0 rings (SSSR count). The molecular formula is C71H142. The van der Waals surface area contributed by atoms with Crippen LogP contribution in [0.25, 0.3) is 0 Å². The summed E-state index contributed by atoms with van der Waals surface area (Å²) in [7, 11) is 0. The van der Waals surface area contributed by atoms with Gasteiger partial charge in [-0.05, 0) is 12.8 Å². The quantitative estimate of drug-likeness (QED) is 0.0421. The van der Waals surface area contributed by atoms with Crippen molar-refractivity contribution in [2.75, 3.05) is 0 Å². The van der Waals surface area contributed by atoms with E-state index in [1.165, 1.54) is 437 Å². The van der Waals surface area contributed by atoms with Crippen LogP contribution in [0.4, 0.5) is 0 Å². The molecule has 0 aromatic heterocycles. The maximum atomic E-state index is 3.82. The molecule has 0 radical (unpaired) electrons. The molecule has 0 aromatic carbocycles. The van der Waals surface area contributed by atoms with Crippen LogP contribution in [0.3, 0.4) is 0 Å². The third kappa shape index (κ3) is 69.7. The second-order valence-electron chi connectivity index (χ2n) is 24.4. The molecule has 0 saturated carbocycles. The molecule has 0 nitrogen and oxygen atoms in total. The van der Waals surface area contributed by atoms with Crippen LogP contribution >= 0.6 is 0 Å². The van der Waals surface area contributed by atoms with Crippen molar-refractivity contribution in [1.82, 2.24) is 0 Å². The fourth-order valence-electron chi connectivity index (χ4n) is 11.9. The number of hydrogen-bond acceptors (Lipinski definition) is 0. The van der Waals surface area contributed by atoms with E-state index < -0.39 is 0 Å². The lowest BCUT2D eigenvalue weighted by Crippen LogP contribution is -1.85. The number of hydrogen-bond donors (Lipinski definition) is 0. The molecule has 71 heavy (non-hydrogen) atoms. The lowest BCUT2D eigenvalue weighted by atomic mass is 10.0. The van der Waals surface area contributed by atoms with Crippen molar-refractivity contribution < 1.29 is 0 Å². The highest BCUT2D eigenvalue weighted by molar-refractivity contribution is 4.65. The SMILES string of the molecule is C=CCCCCCCCCCCCCCCCCCCCCCCCCCCCCCCCCCCCCCCCCCCCCCCCCCCCCCCCCCCCCCCCCCCCCC. The van der Waals surface area contributed by atoms with Crippen LogP contribution in [0.1, 0.15) is 444 Å². The molecule has 0 N–H and O–H groups in total. The zero-order valence-electron chi connectivity index (χ0n) is 50.4. The van der Waals surface area contributed by atoms with E-state index >= 15 is 0 Å². The second kappa shape index (κ2) is 69.7. The Kier molecular flexibility index (Phi) is 69.5. The fraction of sp³-hybridized carbons (Fsp3) is 0.972.